The van der Waals surface area contributed by atoms with Crippen molar-refractivity contribution in [1.82, 2.24) is 5.32 Å². The van der Waals surface area contributed by atoms with Crippen LogP contribution in [0.25, 0.3) is 0 Å². The second kappa shape index (κ2) is 20.5. The Labute approximate surface area is 300 Å². The Morgan fingerprint density at radius 2 is 1.47 bits per heavy atom. The molecular formula is C41H78N4O4. The van der Waals surface area contributed by atoms with Crippen molar-refractivity contribution in [3.63, 3.8) is 0 Å². The quantitative estimate of drug-likeness (QED) is 0.0852. The van der Waals surface area contributed by atoms with Crippen LogP contribution in [0.1, 0.15) is 143 Å². The molecule has 0 heterocycles. The number of carbonyl (C=O) groups is 1. The van der Waals surface area contributed by atoms with Crippen molar-refractivity contribution in [2.24, 2.45) is 63.5 Å². The van der Waals surface area contributed by atoms with E-state index in [9.17, 15) is 4.79 Å². The summed E-state index contributed by atoms with van der Waals surface area (Å²) in [5, 5.41) is 3.23. The first kappa shape index (κ1) is 41.0. The van der Waals surface area contributed by atoms with Crippen molar-refractivity contribution in [3.8, 4) is 0 Å². The van der Waals surface area contributed by atoms with Gasteiger partial charge in [-0.2, -0.15) is 0 Å². The zero-order valence-corrected chi connectivity index (χ0v) is 32.2. The highest BCUT2D eigenvalue weighted by molar-refractivity contribution is 5.75. The number of amides is 1. The average Bonchev–Trinajstić information content (AvgIpc) is 3.45. The lowest BCUT2D eigenvalue weighted by Crippen LogP contribution is -2.63. The second-order valence-electron chi connectivity index (χ2n) is 17.1. The van der Waals surface area contributed by atoms with E-state index in [1.165, 1.54) is 51.4 Å². The van der Waals surface area contributed by atoms with E-state index in [1.54, 1.807) is 0 Å². The largest absolute Gasteiger partial charge is 0.378 e. The molecule has 4 aliphatic carbocycles. The fourth-order valence-corrected chi connectivity index (χ4v) is 11.4. The normalized spacial score (nSPS) is 36.1. The van der Waals surface area contributed by atoms with Crippen molar-refractivity contribution in [2.75, 3.05) is 46.0 Å². The number of nitrogens with one attached hydrogen (secondary N) is 1. The number of hydrogen-bond acceptors (Lipinski definition) is 7. The molecule has 286 valence electrons. The zero-order chi connectivity index (χ0) is 35.3. The molecule has 0 aromatic carbocycles. The Bertz CT molecular complexity index is 954. The minimum absolute atomic E-state index is 0.0609. The van der Waals surface area contributed by atoms with Crippen LogP contribution in [0.15, 0.2) is 0 Å². The van der Waals surface area contributed by atoms with Crippen molar-refractivity contribution < 1.29 is 19.0 Å². The van der Waals surface area contributed by atoms with Crippen LogP contribution in [-0.2, 0) is 19.0 Å². The predicted molar refractivity (Wildman–Crippen MR) is 201 cm³/mol. The molecule has 0 aromatic rings. The molecule has 0 saturated heterocycles. The number of rotatable bonds is 23. The van der Waals surface area contributed by atoms with Crippen molar-refractivity contribution in [2.45, 2.75) is 162 Å². The van der Waals surface area contributed by atoms with Crippen molar-refractivity contribution in [1.29, 1.82) is 0 Å². The summed E-state index contributed by atoms with van der Waals surface area (Å²) in [5.41, 5.74) is 18.1. The van der Waals surface area contributed by atoms with Gasteiger partial charge in [0, 0.05) is 38.2 Å². The molecular weight excluding hydrogens is 612 g/mol. The minimum Gasteiger partial charge on any atom is -0.378 e. The van der Waals surface area contributed by atoms with E-state index in [0.717, 1.165) is 84.2 Å². The van der Waals surface area contributed by atoms with Crippen molar-refractivity contribution in [3.05, 3.63) is 0 Å². The first-order chi connectivity index (χ1) is 23.7. The van der Waals surface area contributed by atoms with E-state index in [4.69, 9.17) is 31.4 Å². The van der Waals surface area contributed by atoms with Crippen LogP contribution >= 0.6 is 0 Å². The van der Waals surface area contributed by atoms with E-state index in [-0.39, 0.29) is 28.9 Å². The molecule has 8 nitrogen and oxygen atoms in total. The Kier molecular flexibility index (Phi) is 17.1. The van der Waals surface area contributed by atoms with Gasteiger partial charge in [-0.1, -0.05) is 59.8 Å². The molecule has 0 spiro atoms. The summed E-state index contributed by atoms with van der Waals surface area (Å²) in [6, 6.07) is 0. The van der Waals surface area contributed by atoms with Crippen LogP contribution < -0.4 is 22.5 Å². The predicted octanol–water partition coefficient (Wildman–Crippen LogP) is 6.96. The number of hydrogen-bond donors (Lipinski definition) is 4. The maximum atomic E-state index is 12.9. The van der Waals surface area contributed by atoms with Gasteiger partial charge in [-0.25, -0.2) is 0 Å². The molecule has 11 atom stereocenters. The highest BCUT2D eigenvalue weighted by Gasteiger charge is 2.66. The van der Waals surface area contributed by atoms with Crippen LogP contribution in [0.3, 0.4) is 0 Å². The Morgan fingerprint density at radius 1 is 0.796 bits per heavy atom. The summed E-state index contributed by atoms with van der Waals surface area (Å²) in [6.45, 7) is 14.9. The third-order valence-corrected chi connectivity index (χ3v) is 14.2. The third kappa shape index (κ3) is 10.2. The van der Waals surface area contributed by atoms with Gasteiger partial charge in [0.15, 0.2) is 0 Å². The fourth-order valence-electron chi connectivity index (χ4n) is 11.4. The lowest BCUT2D eigenvalue weighted by Gasteiger charge is -2.65. The van der Waals surface area contributed by atoms with Gasteiger partial charge in [0.1, 0.15) is 0 Å². The van der Waals surface area contributed by atoms with Gasteiger partial charge in [-0.15, -0.1) is 0 Å². The molecule has 5 unspecified atom stereocenters. The number of carbonyl (C=O) groups excluding carboxylic acids is 1. The summed E-state index contributed by atoms with van der Waals surface area (Å²) in [4.78, 5) is 12.9. The Hall–Kier alpha value is -0.770. The molecule has 0 aromatic heterocycles. The molecule has 4 rings (SSSR count). The average molecular weight is 691 g/mol. The number of unbranched alkanes of at least 4 members (excludes halogenated alkanes) is 5. The van der Waals surface area contributed by atoms with Gasteiger partial charge in [0.2, 0.25) is 5.91 Å². The molecule has 7 N–H and O–H groups in total. The monoisotopic (exact) mass is 691 g/mol. The topological polar surface area (TPSA) is 135 Å². The minimum atomic E-state index is 0.0609. The van der Waals surface area contributed by atoms with Crippen LogP contribution in [0.5, 0.6) is 0 Å². The van der Waals surface area contributed by atoms with Crippen molar-refractivity contribution >= 4 is 5.91 Å². The summed E-state index contributed by atoms with van der Waals surface area (Å²) in [6.07, 6.45) is 20.8. The smallest absolute Gasteiger partial charge is 0.220 e. The first-order valence-electron chi connectivity index (χ1n) is 21.0. The lowest BCUT2D eigenvalue weighted by atomic mass is 9.43. The zero-order valence-electron chi connectivity index (χ0n) is 32.2. The Morgan fingerprint density at radius 3 is 2.18 bits per heavy atom. The van der Waals surface area contributed by atoms with Gasteiger partial charge in [-0.05, 0) is 138 Å². The number of ether oxygens (including phenoxy) is 3. The third-order valence-electron chi connectivity index (χ3n) is 14.2. The summed E-state index contributed by atoms with van der Waals surface area (Å²) >= 11 is 0. The first-order valence-corrected chi connectivity index (χ1v) is 21.0. The summed E-state index contributed by atoms with van der Waals surface area (Å²) in [5.74, 6) is 3.48. The van der Waals surface area contributed by atoms with Gasteiger partial charge in [0.05, 0.1) is 18.3 Å². The van der Waals surface area contributed by atoms with Gasteiger partial charge < -0.3 is 36.7 Å². The van der Waals surface area contributed by atoms with Gasteiger partial charge >= 0.3 is 0 Å². The number of nitrogens with two attached hydrogens (primary N) is 3. The number of fused-ring (bicyclic) bond motifs is 5. The molecule has 8 heteroatoms. The van der Waals surface area contributed by atoms with Crippen LogP contribution in [0, 0.1) is 46.3 Å². The van der Waals surface area contributed by atoms with Gasteiger partial charge in [0.25, 0.3) is 0 Å². The van der Waals surface area contributed by atoms with E-state index in [1.807, 2.05) is 0 Å². The van der Waals surface area contributed by atoms with E-state index < -0.39 is 0 Å². The van der Waals surface area contributed by atoms with Crippen LogP contribution in [-0.4, -0.2) is 70.2 Å². The molecule has 4 saturated carbocycles. The molecule has 49 heavy (non-hydrogen) atoms. The molecule has 0 aliphatic heterocycles. The second-order valence-corrected chi connectivity index (χ2v) is 17.1. The van der Waals surface area contributed by atoms with Crippen LogP contribution in [0.4, 0.5) is 0 Å². The Balaban J connectivity index is 1.49. The molecule has 0 bridgehead atoms. The summed E-state index contributed by atoms with van der Waals surface area (Å²) in [7, 11) is 0. The fraction of sp³-hybridized carbons (Fsp3) is 0.976. The van der Waals surface area contributed by atoms with E-state index in [0.29, 0.717) is 67.7 Å². The summed E-state index contributed by atoms with van der Waals surface area (Å²) < 4.78 is 20.3. The molecule has 4 aliphatic rings. The SMILES string of the molecule is CCCCCCCCNC(=O)CC[C@@H](C)C1CC[C@H]2C3[C@H](OCCCN)CC4C[C@H](OCCCN)CCC4(C)[C@H]3C[C@H](OCCCN)C12C. The highest BCUT2D eigenvalue weighted by Crippen LogP contribution is 2.69. The maximum absolute atomic E-state index is 12.9. The molecule has 1 amide bonds. The van der Waals surface area contributed by atoms with E-state index >= 15 is 0 Å². The maximum Gasteiger partial charge on any atom is 0.220 e. The molecule has 4 fully saturated rings. The van der Waals surface area contributed by atoms with Gasteiger partial charge in [-0.3, -0.25) is 4.79 Å². The van der Waals surface area contributed by atoms with E-state index in [2.05, 4.69) is 33.0 Å². The lowest BCUT2D eigenvalue weighted by molar-refractivity contribution is -0.227. The van der Waals surface area contributed by atoms with Crippen LogP contribution in [0.2, 0.25) is 0 Å². The standard InChI is InChI=1S/C41H78N4O4/c1-5-6-7-8-9-10-23-45-38(46)17-14-30(2)33-15-16-34-39-35(29-37(41(33,34)4)49-26-13-22-44)40(3)19-18-32(47-24-11-20-42)27-31(40)28-36(39)48-25-12-21-43/h30-37,39H,5-29,42-44H2,1-4H3,(H,45,46)/t30-,31?,32-,33?,34+,35+,36-,37+,39?,40?,41?/m1/s1. The highest BCUT2D eigenvalue weighted by atomic mass is 16.5. The molecule has 0 radical (unpaired) electrons.